The number of aliphatic hydroxyl groups excluding tert-OH is 2. The van der Waals surface area contributed by atoms with Gasteiger partial charge in [-0.15, -0.1) is 0 Å². The van der Waals surface area contributed by atoms with Crippen LogP contribution in [0.4, 0.5) is 0 Å². The molecule has 2 N–H and O–H groups in total. The Hall–Kier alpha value is -0.340. The summed E-state index contributed by atoms with van der Waals surface area (Å²) >= 11 is 0. The predicted octanol–water partition coefficient (Wildman–Crippen LogP) is 7.00. The van der Waals surface area contributed by atoms with Crippen molar-refractivity contribution in [2.24, 2.45) is 56.7 Å². The number of aliphatic hydroxyl groups is 2. The molecule has 5 aliphatic rings. The minimum absolute atomic E-state index is 0.0370. The molecule has 0 heterocycles. The first kappa shape index (κ1) is 23.4. The highest BCUT2D eigenvalue weighted by atomic mass is 16.3. The maximum absolute atomic E-state index is 12.0. The van der Waals surface area contributed by atoms with Gasteiger partial charge in [0.05, 0.1) is 12.2 Å². The second-order valence-electron chi connectivity index (χ2n) is 14.7. The number of hydrogen-bond acceptors (Lipinski definition) is 2. The highest BCUT2D eigenvalue weighted by molar-refractivity contribution is 5.35. The van der Waals surface area contributed by atoms with E-state index in [0.29, 0.717) is 23.2 Å². The summed E-state index contributed by atoms with van der Waals surface area (Å²) in [6.07, 6.45) is 11.5. The Labute approximate surface area is 197 Å². The number of allylic oxidation sites excluding steroid dienone is 1. The van der Waals surface area contributed by atoms with Crippen LogP contribution < -0.4 is 0 Å². The summed E-state index contributed by atoms with van der Waals surface area (Å²) in [7, 11) is 0. The van der Waals surface area contributed by atoms with E-state index in [1.54, 1.807) is 5.57 Å². The number of fused-ring (bicyclic) bond motifs is 7. The van der Waals surface area contributed by atoms with Gasteiger partial charge in [0.1, 0.15) is 0 Å². The van der Waals surface area contributed by atoms with Crippen LogP contribution >= 0.6 is 0 Å². The van der Waals surface area contributed by atoms with Gasteiger partial charge in [-0.05, 0) is 103 Å². The van der Waals surface area contributed by atoms with E-state index in [-0.39, 0.29) is 33.9 Å². The average molecular weight is 443 g/mol. The van der Waals surface area contributed by atoms with E-state index in [1.807, 2.05) is 0 Å². The van der Waals surface area contributed by atoms with Crippen molar-refractivity contribution in [2.45, 2.75) is 119 Å². The van der Waals surface area contributed by atoms with Crippen molar-refractivity contribution in [3.8, 4) is 0 Å². The molecule has 0 aromatic heterocycles. The molecule has 0 saturated heterocycles. The van der Waals surface area contributed by atoms with Crippen molar-refractivity contribution >= 4 is 0 Å². The standard InChI is InChI=1S/C30H50O2/c1-18(2)19-9-12-23-28(19,6)15-16-29(7)20-10-11-22-26(3,4)24(31)13-14-27(22,5)21(20)17-25(32)30(23,29)8/h17-20,22-25,31-32H,9-16H2,1-8H3/t19-,20+,22+,23-,24+,25-,27-,28-,29-,30-/m1/s1. The summed E-state index contributed by atoms with van der Waals surface area (Å²) in [5.41, 5.74) is 2.14. The maximum Gasteiger partial charge on any atom is 0.0785 e. The van der Waals surface area contributed by atoms with Gasteiger partial charge in [-0.25, -0.2) is 0 Å². The van der Waals surface area contributed by atoms with Gasteiger partial charge < -0.3 is 10.2 Å². The van der Waals surface area contributed by atoms with Crippen LogP contribution in [-0.2, 0) is 0 Å². The van der Waals surface area contributed by atoms with Gasteiger partial charge in [-0.3, -0.25) is 0 Å². The van der Waals surface area contributed by atoms with Crippen LogP contribution in [0.5, 0.6) is 0 Å². The summed E-state index contributed by atoms with van der Waals surface area (Å²) in [6.45, 7) is 19.6. The van der Waals surface area contributed by atoms with E-state index >= 15 is 0 Å². The number of hydrogen-bond donors (Lipinski definition) is 2. The van der Waals surface area contributed by atoms with E-state index in [2.05, 4.69) is 61.5 Å². The Balaban J connectivity index is 1.60. The molecular formula is C30H50O2. The zero-order valence-electron chi connectivity index (χ0n) is 22.2. The normalized spacial score (nSPS) is 56.7. The van der Waals surface area contributed by atoms with E-state index in [0.717, 1.165) is 24.7 Å². The van der Waals surface area contributed by atoms with E-state index in [4.69, 9.17) is 0 Å². The van der Waals surface area contributed by atoms with E-state index in [9.17, 15) is 10.2 Å². The molecule has 5 aliphatic carbocycles. The van der Waals surface area contributed by atoms with Gasteiger partial charge in [0.15, 0.2) is 0 Å². The highest BCUT2D eigenvalue weighted by Gasteiger charge is 2.70. The lowest BCUT2D eigenvalue weighted by Crippen LogP contribution is -2.65. The lowest BCUT2D eigenvalue weighted by atomic mass is 9.35. The molecule has 0 aromatic rings. The summed E-state index contributed by atoms with van der Waals surface area (Å²) in [4.78, 5) is 0. The Morgan fingerprint density at radius 1 is 0.812 bits per heavy atom. The molecule has 0 bridgehead atoms. The fraction of sp³-hybridized carbons (Fsp3) is 0.933. The Morgan fingerprint density at radius 2 is 1.47 bits per heavy atom. The summed E-state index contributed by atoms with van der Waals surface area (Å²) < 4.78 is 0. The first-order valence-corrected chi connectivity index (χ1v) is 13.8. The molecule has 0 spiro atoms. The van der Waals surface area contributed by atoms with Crippen molar-refractivity contribution in [2.75, 3.05) is 0 Å². The molecule has 4 fully saturated rings. The van der Waals surface area contributed by atoms with Gasteiger partial charge in [0.25, 0.3) is 0 Å². The molecular weight excluding hydrogens is 392 g/mol. The molecule has 10 atom stereocenters. The molecule has 4 saturated carbocycles. The molecule has 0 amide bonds. The summed E-state index contributed by atoms with van der Waals surface area (Å²) in [5.74, 6) is 3.23. The maximum atomic E-state index is 12.0. The van der Waals surface area contributed by atoms with Gasteiger partial charge in [0, 0.05) is 5.41 Å². The van der Waals surface area contributed by atoms with Crippen molar-refractivity contribution in [3.05, 3.63) is 11.6 Å². The van der Waals surface area contributed by atoms with Crippen LogP contribution in [-0.4, -0.2) is 22.4 Å². The third kappa shape index (κ3) is 2.55. The third-order valence-electron chi connectivity index (χ3n) is 13.3. The largest absolute Gasteiger partial charge is 0.393 e. The van der Waals surface area contributed by atoms with Gasteiger partial charge in [-0.1, -0.05) is 67.0 Å². The average Bonchev–Trinajstić information content (AvgIpc) is 3.07. The van der Waals surface area contributed by atoms with Crippen LogP contribution in [0.2, 0.25) is 0 Å². The third-order valence-corrected chi connectivity index (χ3v) is 13.3. The van der Waals surface area contributed by atoms with Gasteiger partial charge >= 0.3 is 0 Å². The van der Waals surface area contributed by atoms with Crippen LogP contribution in [0, 0.1) is 56.7 Å². The summed E-state index contributed by atoms with van der Waals surface area (Å²) in [5, 5.41) is 22.9. The minimum Gasteiger partial charge on any atom is -0.393 e. The lowest BCUT2D eigenvalue weighted by molar-refractivity contribution is -0.200. The molecule has 182 valence electrons. The molecule has 5 rings (SSSR count). The van der Waals surface area contributed by atoms with Crippen molar-refractivity contribution < 1.29 is 10.2 Å². The van der Waals surface area contributed by atoms with Crippen LogP contribution in [0.3, 0.4) is 0 Å². The first-order valence-electron chi connectivity index (χ1n) is 13.8. The van der Waals surface area contributed by atoms with Crippen LogP contribution in [0.25, 0.3) is 0 Å². The number of rotatable bonds is 1. The minimum atomic E-state index is -0.347. The smallest absolute Gasteiger partial charge is 0.0785 e. The van der Waals surface area contributed by atoms with E-state index in [1.165, 1.54) is 38.5 Å². The van der Waals surface area contributed by atoms with Crippen LogP contribution in [0.15, 0.2) is 11.6 Å². The molecule has 2 heteroatoms. The summed E-state index contributed by atoms with van der Waals surface area (Å²) in [6, 6.07) is 0. The monoisotopic (exact) mass is 442 g/mol. The zero-order valence-corrected chi connectivity index (χ0v) is 22.2. The molecule has 0 aromatic carbocycles. The Kier molecular flexibility index (Phi) is 5.02. The SMILES string of the molecule is CC(C)[C@H]1CC[C@@H]2[C@]1(C)CC[C@]1(C)[C@H]3CC[C@H]4C(C)(C)[C@@H](O)CC[C@]4(C)C3=C[C@@H](O)[C@@]21C. The van der Waals surface area contributed by atoms with Crippen molar-refractivity contribution in [3.63, 3.8) is 0 Å². The zero-order chi connectivity index (χ0) is 23.5. The van der Waals surface area contributed by atoms with E-state index < -0.39 is 0 Å². The lowest BCUT2D eigenvalue weighted by Gasteiger charge is -2.70. The molecule has 0 aliphatic heterocycles. The molecule has 32 heavy (non-hydrogen) atoms. The quantitative estimate of drug-likeness (QED) is 0.429. The molecule has 2 nitrogen and oxygen atoms in total. The second kappa shape index (κ2) is 6.87. The Morgan fingerprint density at radius 3 is 2.12 bits per heavy atom. The predicted molar refractivity (Wildman–Crippen MR) is 132 cm³/mol. The van der Waals surface area contributed by atoms with Crippen LogP contribution in [0.1, 0.15) is 107 Å². The topological polar surface area (TPSA) is 40.5 Å². The molecule has 0 radical (unpaired) electrons. The fourth-order valence-corrected chi connectivity index (χ4v) is 11.3. The highest BCUT2D eigenvalue weighted by Crippen LogP contribution is 2.76. The van der Waals surface area contributed by atoms with Gasteiger partial charge in [-0.2, -0.15) is 0 Å². The fourth-order valence-electron chi connectivity index (χ4n) is 11.3. The Bertz CT molecular complexity index is 812. The van der Waals surface area contributed by atoms with Gasteiger partial charge in [0.2, 0.25) is 0 Å². The van der Waals surface area contributed by atoms with Crippen molar-refractivity contribution in [1.29, 1.82) is 0 Å². The molecule has 0 unspecified atom stereocenters. The second-order valence-corrected chi connectivity index (χ2v) is 14.7. The van der Waals surface area contributed by atoms with Crippen molar-refractivity contribution in [1.82, 2.24) is 0 Å². The first-order chi connectivity index (χ1) is 14.7.